The van der Waals surface area contributed by atoms with Gasteiger partial charge in [0.1, 0.15) is 36.2 Å². The number of carbonyl (C=O) groups is 7. The van der Waals surface area contributed by atoms with Gasteiger partial charge in [-0.25, -0.2) is 4.79 Å². The normalized spacial score (nSPS) is 21.0. The predicted octanol–water partition coefficient (Wildman–Crippen LogP) is -2.58. The number of aliphatic hydroxyl groups excluding tert-OH is 1. The summed E-state index contributed by atoms with van der Waals surface area (Å²) < 4.78 is 0. The number of guanidine groups is 1. The number of amides is 6. The highest BCUT2D eigenvalue weighted by Crippen LogP contribution is 2.38. The molecule has 0 aromatic heterocycles. The van der Waals surface area contributed by atoms with Crippen molar-refractivity contribution in [3.8, 4) is 0 Å². The highest BCUT2D eigenvalue weighted by molar-refractivity contribution is 8.01. The summed E-state index contributed by atoms with van der Waals surface area (Å²) in [7, 11) is 0. The summed E-state index contributed by atoms with van der Waals surface area (Å²) in [5.74, 6) is -3.02. The van der Waals surface area contributed by atoms with Gasteiger partial charge in [0.2, 0.25) is 35.4 Å². The Hall–Kier alpha value is -6.12. The minimum Gasteiger partial charge on any atom is -0.394 e. The van der Waals surface area contributed by atoms with Crippen molar-refractivity contribution in [1.82, 2.24) is 25.8 Å². The summed E-state index contributed by atoms with van der Waals surface area (Å²) in [5.41, 5.74) is 24.1. The summed E-state index contributed by atoms with van der Waals surface area (Å²) in [6.07, 6.45) is 3.44. The number of ketones is 1. The number of thioether (sulfide) groups is 1. The third-order valence-electron chi connectivity index (χ3n) is 10.8. The Morgan fingerprint density at radius 1 is 0.935 bits per heavy atom. The molecule has 6 unspecified atom stereocenters. The van der Waals surface area contributed by atoms with Gasteiger partial charge in [-0.3, -0.25) is 43.5 Å². The van der Waals surface area contributed by atoms with Crippen LogP contribution in [0.25, 0.3) is 0 Å². The van der Waals surface area contributed by atoms with Crippen LogP contribution < -0.4 is 43.8 Å². The summed E-state index contributed by atoms with van der Waals surface area (Å²) in [6.45, 7) is -0.524. The molecule has 0 bridgehead atoms. The van der Waals surface area contributed by atoms with Gasteiger partial charge in [0.15, 0.2) is 11.7 Å². The quantitative estimate of drug-likeness (QED) is 0.0330. The Labute approximate surface area is 362 Å². The molecule has 7 atom stereocenters. The number of nitrogens with one attached hydrogen (secondary N) is 3. The second kappa shape index (κ2) is 22.1. The van der Waals surface area contributed by atoms with Crippen LogP contribution in [0.1, 0.15) is 44.1 Å². The molecule has 62 heavy (non-hydrogen) atoms. The number of para-hydroxylation sites is 1. The fourth-order valence-corrected chi connectivity index (χ4v) is 8.96. The number of carbonyl (C=O) groups excluding carboxylic acids is 8. The maximum absolute atomic E-state index is 13.9. The Bertz CT molecular complexity index is 2060. The third kappa shape index (κ3) is 11.6. The van der Waals surface area contributed by atoms with Gasteiger partial charge in [-0.05, 0) is 56.2 Å². The molecule has 0 saturated carbocycles. The van der Waals surface area contributed by atoms with E-state index in [1.807, 2.05) is 0 Å². The zero-order valence-electron chi connectivity index (χ0n) is 34.0. The highest BCUT2D eigenvalue weighted by Gasteiger charge is 2.44. The molecule has 2 saturated heterocycles. The Morgan fingerprint density at radius 3 is 2.31 bits per heavy atom. The first-order chi connectivity index (χ1) is 29.7. The number of nitrogens with two attached hydrogens (primary N) is 4. The molecule has 2 aromatic carbocycles. The van der Waals surface area contributed by atoms with Crippen LogP contribution >= 0.6 is 11.8 Å². The molecule has 12 N–H and O–H groups in total. The van der Waals surface area contributed by atoms with Crippen LogP contribution in [0.3, 0.4) is 0 Å². The zero-order chi connectivity index (χ0) is 44.9. The van der Waals surface area contributed by atoms with Gasteiger partial charge in [-0.2, -0.15) is 0 Å². The molecule has 3 aliphatic heterocycles. The molecule has 20 nitrogen and oxygen atoms in total. The van der Waals surface area contributed by atoms with Gasteiger partial charge >= 0.3 is 0 Å². The van der Waals surface area contributed by atoms with Crippen LogP contribution in [0.2, 0.25) is 0 Å². The lowest BCUT2D eigenvalue weighted by atomic mass is 10.0. The molecular weight excluding hydrogens is 823 g/mol. The Morgan fingerprint density at radius 2 is 1.61 bits per heavy atom. The first kappa shape index (κ1) is 46.9. The van der Waals surface area contributed by atoms with Crippen LogP contribution in [0.5, 0.6) is 0 Å². The largest absolute Gasteiger partial charge is 0.394 e. The van der Waals surface area contributed by atoms with Crippen LogP contribution in [-0.4, -0.2) is 142 Å². The lowest BCUT2D eigenvalue weighted by Gasteiger charge is -2.32. The molecule has 6 amide bonds. The van der Waals surface area contributed by atoms with E-state index < -0.39 is 84.1 Å². The Balaban J connectivity index is 1.22. The van der Waals surface area contributed by atoms with Crippen molar-refractivity contribution in [2.24, 2.45) is 27.9 Å². The van der Waals surface area contributed by atoms with Crippen LogP contribution in [0, 0.1) is 0 Å². The molecule has 0 spiro atoms. The van der Waals surface area contributed by atoms with E-state index in [-0.39, 0.29) is 30.7 Å². The zero-order valence-corrected chi connectivity index (χ0v) is 34.8. The van der Waals surface area contributed by atoms with E-state index in [2.05, 4.69) is 20.9 Å². The van der Waals surface area contributed by atoms with Gasteiger partial charge in [-0.15, -0.1) is 11.8 Å². The molecule has 0 aliphatic carbocycles. The molecular formula is C41H53N11O9S. The number of hydrogen-bond donors (Lipinski definition) is 8. The van der Waals surface area contributed by atoms with Crippen molar-refractivity contribution in [3.05, 3.63) is 66.4 Å². The molecule has 3 heterocycles. The van der Waals surface area contributed by atoms with E-state index in [1.165, 1.54) is 9.80 Å². The van der Waals surface area contributed by atoms with Crippen molar-refractivity contribution in [1.29, 1.82) is 0 Å². The number of Topliss-reactive ketones (excluding diaryl/α,β-unsaturated/α-hetero) is 1. The van der Waals surface area contributed by atoms with E-state index in [0.29, 0.717) is 67.8 Å². The van der Waals surface area contributed by atoms with Crippen molar-refractivity contribution < 1.29 is 43.5 Å². The molecule has 0 radical (unpaired) electrons. The first-order valence-electron chi connectivity index (χ1n) is 20.3. The van der Waals surface area contributed by atoms with Crippen LogP contribution in [0.15, 0.2) is 70.7 Å². The summed E-state index contributed by atoms with van der Waals surface area (Å²) in [5, 5.41) is 16.7. The maximum atomic E-state index is 13.9. The van der Waals surface area contributed by atoms with E-state index in [4.69, 9.17) is 22.9 Å². The minimum absolute atomic E-state index is 0.0450. The van der Waals surface area contributed by atoms with Gasteiger partial charge in [-0.1, -0.05) is 42.5 Å². The topological polar surface area (TPSA) is 319 Å². The summed E-state index contributed by atoms with van der Waals surface area (Å²) >= 11 is 0.938. The van der Waals surface area contributed by atoms with Crippen molar-refractivity contribution in [3.63, 3.8) is 0 Å². The SMILES string of the molecule is NC(N)=NCCCC(N)C(=O)N1CCCC1C(=O)N1CCCC1C(=O)NCC(=O)NC(Cc1ccccc1)C(=O)NC(CO)C(=O)C1Sc2ccccc2N(C=C=O)C(=O)[C@@H]1N. The van der Waals surface area contributed by atoms with E-state index in [0.717, 1.165) is 22.9 Å². The van der Waals surface area contributed by atoms with Crippen molar-refractivity contribution in [2.75, 3.05) is 37.7 Å². The van der Waals surface area contributed by atoms with Gasteiger partial charge in [0, 0.05) is 31.0 Å². The van der Waals surface area contributed by atoms with Crippen molar-refractivity contribution in [2.45, 2.75) is 91.3 Å². The lowest BCUT2D eigenvalue weighted by Crippen LogP contribution is -2.58. The molecule has 5 rings (SSSR count). The first-order valence-corrected chi connectivity index (χ1v) is 21.2. The number of aliphatic imine (C=N–C) groups is 1. The minimum atomic E-state index is -1.56. The average Bonchev–Trinajstić information content (AvgIpc) is 3.96. The maximum Gasteiger partial charge on any atom is 0.250 e. The van der Waals surface area contributed by atoms with Crippen LogP contribution in [0.4, 0.5) is 5.69 Å². The van der Waals surface area contributed by atoms with Crippen molar-refractivity contribution >= 4 is 70.6 Å². The molecule has 2 aromatic rings. The predicted molar refractivity (Wildman–Crippen MR) is 228 cm³/mol. The average molecular weight is 876 g/mol. The van der Waals surface area contributed by atoms with Crippen LogP contribution in [-0.2, 0) is 44.8 Å². The number of aliphatic hydroxyl groups is 1. The summed E-state index contributed by atoms with van der Waals surface area (Å²) in [4.78, 5) is 115. The molecule has 2 fully saturated rings. The monoisotopic (exact) mass is 875 g/mol. The number of nitrogens with zero attached hydrogens (tertiary/aromatic N) is 4. The highest BCUT2D eigenvalue weighted by atomic mass is 32.2. The number of rotatable bonds is 18. The fourth-order valence-electron chi connectivity index (χ4n) is 7.70. The number of hydrogen-bond acceptors (Lipinski definition) is 13. The van der Waals surface area contributed by atoms with E-state index >= 15 is 0 Å². The standard InChI is InChI=1S/C41H53N11O9S/c42-25(11-6-16-46-41(44)45)38(59)51-18-8-14-30(51)39(60)50-17-7-13-29(50)37(58)47-22-32(55)48-26(21-24-9-2-1-3-10-24)36(57)49-27(23-54)34(56)35-33(43)40(61)52(19-20-53)28-12-4-5-15-31(28)62-35/h1-5,9-10,12,15,19,25-27,29-30,33,35,54H,6-8,11,13-14,16-18,21-23,42-43H2,(H,47,58)(H,48,55)(H,49,57)(H4,44,45,46)/t25?,26?,27?,29?,30?,33-,35?/m1/s1. The molecule has 21 heteroatoms. The molecule has 332 valence electrons. The van der Waals surface area contributed by atoms with Gasteiger partial charge in [0.05, 0.1) is 36.3 Å². The van der Waals surface area contributed by atoms with E-state index in [9.17, 15) is 43.5 Å². The second-order valence-corrected chi connectivity index (χ2v) is 16.3. The number of anilines is 1. The summed E-state index contributed by atoms with van der Waals surface area (Å²) in [6, 6.07) is 8.25. The number of benzene rings is 2. The van der Waals surface area contributed by atoms with Gasteiger partial charge < -0.3 is 53.8 Å². The molecule has 3 aliphatic rings. The smallest absolute Gasteiger partial charge is 0.250 e. The van der Waals surface area contributed by atoms with Gasteiger partial charge in [0.25, 0.3) is 0 Å². The third-order valence-corrected chi connectivity index (χ3v) is 12.2. The second-order valence-electron chi connectivity index (χ2n) is 15.1. The van der Waals surface area contributed by atoms with E-state index in [1.54, 1.807) is 60.5 Å². The Kier molecular flexibility index (Phi) is 16.7. The number of fused-ring (bicyclic) bond motifs is 1. The number of likely N-dealkylation sites (tertiary alicyclic amines) is 2. The fraction of sp³-hybridized carbons (Fsp3) is 0.463. The lowest BCUT2D eigenvalue weighted by molar-refractivity contribution is -0.147.